The van der Waals surface area contributed by atoms with Gasteiger partial charge in [0.1, 0.15) is 0 Å². The average molecular weight is 296 g/mol. The fraction of sp³-hybridized carbons (Fsp3) is 0.0667. The Balaban J connectivity index is 1.82. The standard InChI is InChI=1S/C15H12N4O3/c20-15(17-10-11-5-4-8-16-9-11)14-13(18-22-19(14)21)12-6-2-1-3-7-12/h1-9H,10H2,(H,17,20). The van der Waals surface area contributed by atoms with E-state index in [9.17, 15) is 10.0 Å². The van der Waals surface area contributed by atoms with Crippen LogP contribution in [0.4, 0.5) is 0 Å². The predicted molar refractivity (Wildman–Crippen MR) is 76.3 cm³/mol. The first-order valence-electron chi connectivity index (χ1n) is 6.58. The highest BCUT2D eigenvalue weighted by Gasteiger charge is 2.27. The molecule has 22 heavy (non-hydrogen) atoms. The van der Waals surface area contributed by atoms with Crippen molar-refractivity contribution in [3.63, 3.8) is 0 Å². The van der Waals surface area contributed by atoms with Crippen molar-refractivity contribution in [3.8, 4) is 11.3 Å². The number of aromatic nitrogens is 3. The molecule has 3 aromatic rings. The molecule has 0 radical (unpaired) electrons. The lowest BCUT2D eigenvalue weighted by Gasteiger charge is -2.03. The lowest BCUT2D eigenvalue weighted by Crippen LogP contribution is -2.37. The van der Waals surface area contributed by atoms with Gasteiger partial charge < -0.3 is 10.5 Å². The van der Waals surface area contributed by atoms with Gasteiger partial charge >= 0.3 is 5.91 Å². The minimum absolute atomic E-state index is 0.112. The van der Waals surface area contributed by atoms with Crippen LogP contribution >= 0.6 is 0 Å². The van der Waals surface area contributed by atoms with Crippen molar-refractivity contribution >= 4 is 5.91 Å². The lowest BCUT2D eigenvalue weighted by atomic mass is 10.1. The molecule has 0 saturated heterocycles. The van der Waals surface area contributed by atoms with Gasteiger partial charge in [0.25, 0.3) is 11.4 Å². The van der Waals surface area contributed by atoms with Crippen LogP contribution < -0.4 is 10.2 Å². The molecule has 0 saturated carbocycles. The van der Waals surface area contributed by atoms with Crippen LogP contribution in [0.2, 0.25) is 0 Å². The molecule has 2 heterocycles. The molecule has 0 unspecified atom stereocenters. The third-order valence-corrected chi connectivity index (χ3v) is 3.05. The number of rotatable bonds is 4. The van der Waals surface area contributed by atoms with Crippen LogP contribution in [0.3, 0.4) is 0 Å². The van der Waals surface area contributed by atoms with Gasteiger partial charge in [-0.05, 0) is 16.5 Å². The van der Waals surface area contributed by atoms with Crippen molar-refractivity contribution in [3.05, 3.63) is 71.3 Å². The van der Waals surface area contributed by atoms with E-state index in [1.54, 1.807) is 42.7 Å². The molecule has 1 aromatic carbocycles. The number of nitrogens with one attached hydrogen (secondary N) is 1. The monoisotopic (exact) mass is 296 g/mol. The van der Waals surface area contributed by atoms with Crippen LogP contribution in [-0.2, 0) is 6.54 Å². The minimum atomic E-state index is -0.557. The predicted octanol–water partition coefficient (Wildman–Crippen LogP) is 1.30. The summed E-state index contributed by atoms with van der Waals surface area (Å²) in [6.07, 6.45) is 3.28. The van der Waals surface area contributed by atoms with E-state index >= 15 is 0 Å². The van der Waals surface area contributed by atoms with E-state index in [2.05, 4.69) is 20.1 Å². The Labute approximate surface area is 125 Å². The number of carbonyl (C=O) groups is 1. The molecule has 0 spiro atoms. The van der Waals surface area contributed by atoms with Crippen molar-refractivity contribution in [2.45, 2.75) is 6.54 Å². The Morgan fingerprint density at radius 3 is 2.77 bits per heavy atom. The molecule has 1 N–H and O–H groups in total. The average Bonchev–Trinajstić information content (AvgIpc) is 2.96. The molecule has 0 bridgehead atoms. The second-order valence-corrected chi connectivity index (χ2v) is 4.54. The van der Waals surface area contributed by atoms with Gasteiger partial charge in [-0.1, -0.05) is 36.4 Å². The van der Waals surface area contributed by atoms with Crippen LogP contribution in [0.25, 0.3) is 11.3 Å². The van der Waals surface area contributed by atoms with Crippen molar-refractivity contribution in [2.24, 2.45) is 0 Å². The summed E-state index contributed by atoms with van der Waals surface area (Å²) in [5, 5.41) is 18.0. The van der Waals surface area contributed by atoms with Crippen LogP contribution in [-0.4, -0.2) is 16.0 Å². The Morgan fingerprint density at radius 1 is 1.23 bits per heavy atom. The highest BCUT2D eigenvalue weighted by atomic mass is 16.8. The maximum absolute atomic E-state index is 12.2. The van der Waals surface area contributed by atoms with Gasteiger partial charge in [0, 0.05) is 29.7 Å². The summed E-state index contributed by atoms with van der Waals surface area (Å²) in [5.74, 6) is -0.557. The largest absolute Gasteiger partial charge is 0.359 e. The number of carbonyl (C=O) groups excluding carboxylic acids is 1. The zero-order chi connectivity index (χ0) is 15.4. The Morgan fingerprint density at radius 2 is 2.05 bits per heavy atom. The molecule has 0 fully saturated rings. The highest BCUT2D eigenvalue weighted by Crippen LogP contribution is 2.18. The molecule has 3 rings (SSSR count). The second kappa shape index (κ2) is 6.04. The van der Waals surface area contributed by atoms with Gasteiger partial charge in [-0.15, -0.1) is 0 Å². The van der Waals surface area contributed by atoms with E-state index in [0.29, 0.717) is 5.56 Å². The summed E-state index contributed by atoms with van der Waals surface area (Å²) in [6.45, 7) is 0.256. The Hall–Kier alpha value is -3.22. The second-order valence-electron chi connectivity index (χ2n) is 4.54. The molecule has 7 nitrogen and oxygen atoms in total. The van der Waals surface area contributed by atoms with Gasteiger partial charge in [0.2, 0.25) is 0 Å². The zero-order valence-corrected chi connectivity index (χ0v) is 11.5. The molecule has 0 aliphatic carbocycles. The van der Waals surface area contributed by atoms with Crippen molar-refractivity contribution < 1.29 is 14.3 Å². The van der Waals surface area contributed by atoms with Crippen LogP contribution in [0, 0.1) is 5.21 Å². The number of hydrogen-bond acceptors (Lipinski definition) is 5. The fourth-order valence-corrected chi connectivity index (χ4v) is 1.99. The molecule has 0 atom stereocenters. The summed E-state index contributed by atoms with van der Waals surface area (Å²) >= 11 is 0. The summed E-state index contributed by atoms with van der Waals surface area (Å²) < 4.78 is 4.56. The Kier molecular flexibility index (Phi) is 3.78. The van der Waals surface area contributed by atoms with Gasteiger partial charge in [0.05, 0.1) is 0 Å². The van der Waals surface area contributed by atoms with Crippen LogP contribution in [0.5, 0.6) is 0 Å². The van der Waals surface area contributed by atoms with Crippen LogP contribution in [0.1, 0.15) is 16.1 Å². The topological polar surface area (TPSA) is 95.0 Å². The normalized spacial score (nSPS) is 10.4. The summed E-state index contributed by atoms with van der Waals surface area (Å²) in [6, 6.07) is 12.5. The van der Waals surface area contributed by atoms with Crippen LogP contribution in [0.15, 0.2) is 59.5 Å². The first-order chi connectivity index (χ1) is 10.8. The van der Waals surface area contributed by atoms with E-state index in [4.69, 9.17) is 0 Å². The summed E-state index contributed by atoms with van der Waals surface area (Å²) in [5.41, 5.74) is 1.49. The number of nitrogens with zero attached hydrogens (tertiary/aromatic N) is 3. The quantitative estimate of drug-likeness (QED) is 0.732. The van der Waals surface area contributed by atoms with Crippen molar-refractivity contribution in [1.82, 2.24) is 15.5 Å². The fourth-order valence-electron chi connectivity index (χ4n) is 1.99. The molecule has 0 aliphatic rings. The summed E-state index contributed by atoms with van der Waals surface area (Å²) in [7, 11) is 0. The number of benzene rings is 1. The first kappa shape index (κ1) is 13.7. The molecular formula is C15H12N4O3. The molecule has 0 aliphatic heterocycles. The molecule has 1 amide bonds. The number of pyridine rings is 1. The van der Waals surface area contributed by atoms with Crippen molar-refractivity contribution in [2.75, 3.05) is 0 Å². The third-order valence-electron chi connectivity index (χ3n) is 3.05. The zero-order valence-electron chi connectivity index (χ0n) is 11.5. The third kappa shape index (κ3) is 2.78. The first-order valence-corrected chi connectivity index (χ1v) is 6.58. The molecule has 2 aromatic heterocycles. The van der Waals surface area contributed by atoms with E-state index < -0.39 is 5.91 Å². The van der Waals surface area contributed by atoms with E-state index in [0.717, 1.165) is 5.56 Å². The van der Waals surface area contributed by atoms with Gasteiger partial charge in [-0.25, -0.2) is 0 Å². The van der Waals surface area contributed by atoms with Gasteiger partial charge in [0.15, 0.2) is 0 Å². The molecule has 110 valence electrons. The Bertz CT molecular complexity index is 772. The van der Waals surface area contributed by atoms with Crippen molar-refractivity contribution in [1.29, 1.82) is 0 Å². The highest BCUT2D eigenvalue weighted by molar-refractivity contribution is 5.96. The smallest absolute Gasteiger partial charge is 0.300 e. The molecular weight excluding hydrogens is 284 g/mol. The lowest BCUT2D eigenvalue weighted by molar-refractivity contribution is -0.803. The van der Waals surface area contributed by atoms with E-state index in [-0.39, 0.29) is 22.8 Å². The van der Waals surface area contributed by atoms with E-state index in [1.807, 2.05) is 12.1 Å². The summed E-state index contributed by atoms with van der Waals surface area (Å²) in [4.78, 5) is 16.3. The maximum atomic E-state index is 12.2. The van der Waals surface area contributed by atoms with Gasteiger partial charge in [-0.2, -0.15) is 0 Å². The number of hydrogen-bond donors (Lipinski definition) is 1. The minimum Gasteiger partial charge on any atom is -0.359 e. The SMILES string of the molecule is O=C(NCc1cccnc1)c1c(-c2ccccc2)no[n+]1[O-]. The van der Waals surface area contributed by atoms with E-state index in [1.165, 1.54) is 0 Å². The maximum Gasteiger partial charge on any atom is 0.300 e. The molecule has 7 heteroatoms. The number of amides is 1. The van der Waals surface area contributed by atoms with Gasteiger partial charge in [-0.3, -0.25) is 14.4 Å².